The van der Waals surface area contributed by atoms with Crippen molar-refractivity contribution < 1.29 is 43.2 Å². The Balaban J connectivity index is 0.000000155. The molecule has 0 bridgehead atoms. The lowest BCUT2D eigenvalue weighted by molar-refractivity contribution is -0.173. The second kappa shape index (κ2) is 15.5. The minimum absolute atomic E-state index is 0.0127. The fourth-order valence-corrected chi connectivity index (χ4v) is 6.19. The van der Waals surface area contributed by atoms with Crippen LogP contribution in [-0.2, 0) is 69.4 Å². The summed E-state index contributed by atoms with van der Waals surface area (Å²) in [7, 11) is 0.917. The molecule has 0 unspecified atom stereocenters. The molecule has 0 spiro atoms. The quantitative estimate of drug-likeness (QED) is 0.352. The molecule has 8 atom stereocenters. The van der Waals surface area contributed by atoms with E-state index in [9.17, 15) is 24.3 Å². The molecule has 6 aliphatic rings. The third kappa shape index (κ3) is 9.29. The lowest BCUT2D eigenvalue weighted by Gasteiger charge is -2.25. The number of carbonyl (C=O) groups excluding carboxylic acids is 4. The lowest BCUT2D eigenvalue weighted by atomic mass is 9.80. The third-order valence-electron chi connectivity index (χ3n) is 8.24. The van der Waals surface area contributed by atoms with E-state index >= 15 is 0 Å². The number of hydrogen-bond acceptors (Lipinski definition) is 11. The van der Waals surface area contributed by atoms with Gasteiger partial charge in [0.25, 0.3) is 0 Å². The van der Waals surface area contributed by atoms with Crippen LogP contribution in [0.25, 0.3) is 0 Å². The van der Waals surface area contributed by atoms with E-state index in [4.69, 9.17) is 18.9 Å². The third-order valence-corrected chi connectivity index (χ3v) is 8.24. The molecule has 3 heterocycles. The van der Waals surface area contributed by atoms with Crippen molar-refractivity contribution in [3.05, 3.63) is 11.6 Å². The first-order chi connectivity index (χ1) is 18.6. The van der Waals surface area contributed by atoms with Crippen LogP contribution in [0, 0.1) is 35.5 Å². The zero-order chi connectivity index (χ0) is 28.5. The van der Waals surface area contributed by atoms with Gasteiger partial charge in [-0.15, -0.1) is 0 Å². The maximum Gasteiger partial charge on any atom is 0.309 e. The topological polar surface area (TPSA) is 125 Å². The number of allylic oxidation sites excluding steroid dienone is 1. The Hall–Kier alpha value is -1.44. The van der Waals surface area contributed by atoms with E-state index in [2.05, 4.69) is 35.4 Å². The van der Waals surface area contributed by atoms with Crippen LogP contribution >= 0.6 is 0 Å². The number of Topliss-reactive ketones (excluding diaryl/α,β-unsaturated/α-hetero) is 2. The number of rotatable bonds is 1. The predicted octanol–water partition coefficient (Wildman–Crippen LogP) is 2.72. The Morgan fingerprint density at radius 3 is 2.18 bits per heavy atom. The van der Waals surface area contributed by atoms with Gasteiger partial charge in [-0.2, -0.15) is 0 Å². The second-order valence-corrected chi connectivity index (χ2v) is 12.7. The lowest BCUT2D eigenvalue weighted by Crippen LogP contribution is -2.30. The number of esters is 2. The van der Waals surface area contributed by atoms with Gasteiger partial charge in [-0.1, -0.05) is 11.6 Å². The molecular formula is C27H38O9S3. The summed E-state index contributed by atoms with van der Waals surface area (Å²) >= 11 is 8.25. The number of fused-ring (bicyclic) bond motifs is 3. The zero-order valence-corrected chi connectivity index (χ0v) is 24.9. The van der Waals surface area contributed by atoms with Crippen molar-refractivity contribution in [1.82, 2.24) is 0 Å². The standard InChI is InChI=1S/C10H14O4.C9H12O2.C8H12O3.S3/c1-6(11)14-10-9-3-2-8(12)4-7(9)5-13-10;1-6-2-3-8-7(4-6)5-11-9(8)10;9-6-1-2-7-5(3-6)4-11-8(7)10;1-3-2/h7,9-10H,2-5H2,1H3;4,7-8H,2-3,5H2,1H3;5,7-8,10H,1-4H2;/t7-,9-,10+;7-,8-;5-,7-,8-;/m111./s1. The van der Waals surface area contributed by atoms with E-state index in [1.54, 1.807) is 0 Å². The van der Waals surface area contributed by atoms with Crippen molar-refractivity contribution in [3.63, 3.8) is 0 Å². The molecule has 39 heavy (non-hydrogen) atoms. The number of ether oxygens (including phenoxy) is 4. The van der Waals surface area contributed by atoms with Crippen molar-refractivity contribution in [2.45, 2.75) is 77.8 Å². The van der Waals surface area contributed by atoms with E-state index in [1.807, 2.05) is 0 Å². The molecule has 1 N–H and O–H groups in total. The van der Waals surface area contributed by atoms with Crippen molar-refractivity contribution in [2.75, 3.05) is 19.8 Å². The van der Waals surface area contributed by atoms with Crippen molar-refractivity contribution >= 4 is 54.8 Å². The van der Waals surface area contributed by atoms with Crippen LogP contribution in [0.15, 0.2) is 11.6 Å². The summed E-state index contributed by atoms with van der Waals surface area (Å²) in [5.74, 6) is 1.92. The molecule has 5 fully saturated rings. The van der Waals surface area contributed by atoms with Gasteiger partial charge in [0, 0.05) is 81.6 Å². The minimum atomic E-state index is -0.604. The van der Waals surface area contributed by atoms with Crippen molar-refractivity contribution in [3.8, 4) is 0 Å². The number of aliphatic hydroxyl groups excluding tert-OH is 1. The molecule has 218 valence electrons. The average molecular weight is 603 g/mol. The summed E-state index contributed by atoms with van der Waals surface area (Å²) in [4.78, 5) is 44.0. The Labute approximate surface area is 242 Å². The van der Waals surface area contributed by atoms with Crippen LogP contribution in [0.5, 0.6) is 0 Å². The smallest absolute Gasteiger partial charge is 0.309 e. The van der Waals surface area contributed by atoms with Crippen molar-refractivity contribution in [2.24, 2.45) is 35.5 Å². The van der Waals surface area contributed by atoms with Crippen LogP contribution in [0.2, 0.25) is 0 Å². The number of carbonyl (C=O) groups is 4. The van der Waals surface area contributed by atoms with Crippen LogP contribution in [0.3, 0.4) is 0 Å². The first kappa shape index (κ1) is 32.1. The summed E-state index contributed by atoms with van der Waals surface area (Å²) in [5.41, 5.74) is 1.41. The highest BCUT2D eigenvalue weighted by atomic mass is 33.1. The van der Waals surface area contributed by atoms with Gasteiger partial charge in [-0.25, -0.2) is 0 Å². The summed E-state index contributed by atoms with van der Waals surface area (Å²) in [6, 6.07) is 0. The van der Waals surface area contributed by atoms with E-state index in [0.29, 0.717) is 68.9 Å². The molecule has 0 aromatic heterocycles. The summed E-state index contributed by atoms with van der Waals surface area (Å²) in [6.07, 6.45) is 7.26. The van der Waals surface area contributed by atoms with E-state index in [0.717, 1.165) is 34.6 Å². The van der Waals surface area contributed by atoms with Gasteiger partial charge in [0.05, 0.1) is 25.7 Å². The Morgan fingerprint density at radius 2 is 1.54 bits per heavy atom. The molecule has 0 amide bonds. The molecule has 12 heteroatoms. The van der Waals surface area contributed by atoms with E-state index in [-0.39, 0.29) is 35.6 Å². The number of cyclic esters (lactones) is 1. The second-order valence-electron chi connectivity index (χ2n) is 11.0. The van der Waals surface area contributed by atoms with Crippen LogP contribution in [0.4, 0.5) is 0 Å². The number of ketones is 2. The monoisotopic (exact) mass is 602 g/mol. The molecule has 0 aromatic rings. The fourth-order valence-electron chi connectivity index (χ4n) is 6.19. The van der Waals surface area contributed by atoms with Gasteiger partial charge < -0.3 is 24.1 Å². The SMILES string of the molecule is CC(=O)O[C@@H]1OC[C@H]2CC(=O)CC[C@H]21.CC1=C[C@@H]2COC(=O)[C@@H]2CC1.O=C1CC[C@@H]2[C@@H](CO[C@H]2O)C1.S=S=S. The number of hydrogen-bond donors (Lipinski definition) is 1. The van der Waals surface area contributed by atoms with Crippen LogP contribution < -0.4 is 0 Å². The highest BCUT2D eigenvalue weighted by Crippen LogP contribution is 2.38. The molecule has 3 aliphatic carbocycles. The normalized spacial score (nSPS) is 36.1. The van der Waals surface area contributed by atoms with E-state index in [1.165, 1.54) is 12.5 Å². The first-order valence-electron chi connectivity index (χ1n) is 13.5. The zero-order valence-electron chi connectivity index (χ0n) is 22.4. The minimum Gasteiger partial charge on any atom is -0.465 e. The van der Waals surface area contributed by atoms with Gasteiger partial charge >= 0.3 is 11.9 Å². The van der Waals surface area contributed by atoms with Gasteiger partial charge in [-0.3, -0.25) is 19.2 Å². The number of aliphatic hydroxyl groups is 1. The Kier molecular flexibility index (Phi) is 12.8. The van der Waals surface area contributed by atoms with Crippen molar-refractivity contribution in [1.29, 1.82) is 0 Å². The molecule has 9 nitrogen and oxygen atoms in total. The Morgan fingerprint density at radius 1 is 0.949 bits per heavy atom. The molecule has 2 saturated carbocycles. The summed E-state index contributed by atoms with van der Waals surface area (Å²) < 4.78 is 20.4. The highest BCUT2D eigenvalue weighted by Gasteiger charge is 2.43. The summed E-state index contributed by atoms with van der Waals surface area (Å²) in [6.45, 7) is 5.23. The molecule has 0 radical (unpaired) electrons. The molecule has 6 rings (SSSR count). The molecule has 3 aliphatic heterocycles. The van der Waals surface area contributed by atoms with Gasteiger partial charge in [-0.05, 0) is 44.4 Å². The van der Waals surface area contributed by atoms with Gasteiger partial charge in [0.1, 0.15) is 11.6 Å². The fraction of sp³-hybridized carbons (Fsp3) is 0.778. The van der Waals surface area contributed by atoms with Crippen LogP contribution in [-0.4, -0.2) is 61.0 Å². The molecule has 0 aromatic carbocycles. The van der Waals surface area contributed by atoms with Gasteiger partial charge in [0.2, 0.25) is 6.29 Å². The molecule has 3 saturated heterocycles. The summed E-state index contributed by atoms with van der Waals surface area (Å²) in [5, 5.41) is 9.28. The maximum absolute atomic E-state index is 11.2. The van der Waals surface area contributed by atoms with E-state index < -0.39 is 12.6 Å². The van der Waals surface area contributed by atoms with Gasteiger partial charge in [0.15, 0.2) is 6.29 Å². The van der Waals surface area contributed by atoms with Crippen LogP contribution in [0.1, 0.15) is 65.2 Å². The maximum atomic E-state index is 11.2. The highest BCUT2D eigenvalue weighted by molar-refractivity contribution is 8.37. The Bertz CT molecular complexity index is 978. The average Bonchev–Trinajstić information content (AvgIpc) is 3.57. The molecular weight excluding hydrogens is 564 g/mol. The largest absolute Gasteiger partial charge is 0.465 e. The first-order valence-corrected chi connectivity index (χ1v) is 16.2. The predicted molar refractivity (Wildman–Crippen MR) is 148 cm³/mol.